The molecule has 1 aliphatic heterocycles. The first-order chi connectivity index (χ1) is 22.7. The van der Waals surface area contributed by atoms with Crippen molar-refractivity contribution in [1.29, 1.82) is 0 Å². The Bertz CT molecular complexity index is 1380. The van der Waals surface area contributed by atoms with Crippen molar-refractivity contribution in [2.75, 3.05) is 77.8 Å². The Balaban J connectivity index is 0.00000189. The molecule has 0 saturated carbocycles. The molecule has 0 aromatic heterocycles. The lowest BCUT2D eigenvalue weighted by atomic mass is 10.0. The van der Waals surface area contributed by atoms with Gasteiger partial charge in [-0.25, -0.2) is 0 Å². The number of carboxylic acid groups (broad SMARTS) is 4. The Labute approximate surface area is 279 Å². The maximum atomic E-state index is 12.4. The highest BCUT2D eigenvalue weighted by molar-refractivity contribution is 6.01. The first-order valence-corrected chi connectivity index (χ1v) is 15.3. The number of aliphatic carboxylic acids is 4. The minimum absolute atomic E-state index is 0.137. The molecule has 1 fully saturated rings. The number of benzene rings is 2. The van der Waals surface area contributed by atoms with Gasteiger partial charge in [-0.1, -0.05) is 24.3 Å². The van der Waals surface area contributed by atoms with Gasteiger partial charge in [0.25, 0.3) is 5.97 Å². The van der Waals surface area contributed by atoms with Gasteiger partial charge in [0.05, 0.1) is 19.6 Å². The molecule has 1 heterocycles. The minimum atomic E-state index is -1.02. The van der Waals surface area contributed by atoms with Crippen molar-refractivity contribution in [2.45, 2.75) is 19.4 Å². The average Bonchev–Trinajstić information content (AvgIpc) is 2.99. The standard InChI is InChI=1S/C31H41N5O8.C2H4O2/c1-33-12-14-34(20-29(39)40)15-16-35(21-30(41)42)19-26(36(17-13-33)22-31(43)44)18-24-2-7-25(8-3-24)32-28(38)11-6-23-4-9-27(37)10-5-23;1-2(3)4/h2-11,26,37H,12-22H2,1H3,(H,32,38)(H,39,40)(H,41,42)(H,43,44);1H3,(H,3,4)/b11-6+;. The highest BCUT2D eigenvalue weighted by Gasteiger charge is 2.26. The van der Waals surface area contributed by atoms with Crippen LogP contribution in [0.2, 0.25) is 0 Å². The molecule has 2 aromatic rings. The van der Waals surface area contributed by atoms with Crippen LogP contribution in [-0.2, 0) is 30.4 Å². The Hall–Kier alpha value is -4.83. The molecule has 15 heteroatoms. The van der Waals surface area contributed by atoms with E-state index in [4.69, 9.17) is 9.90 Å². The van der Waals surface area contributed by atoms with Crippen molar-refractivity contribution < 1.29 is 49.5 Å². The number of likely N-dealkylation sites (N-methyl/N-ethyl adjacent to an activating group) is 1. The molecule has 15 nitrogen and oxygen atoms in total. The van der Waals surface area contributed by atoms with Crippen LogP contribution in [0.15, 0.2) is 54.6 Å². The number of rotatable bonds is 11. The van der Waals surface area contributed by atoms with Crippen molar-refractivity contribution in [3.05, 3.63) is 65.7 Å². The van der Waals surface area contributed by atoms with Gasteiger partial charge in [0.15, 0.2) is 0 Å². The summed E-state index contributed by atoms with van der Waals surface area (Å²) in [5, 5.41) is 48.2. The molecule has 0 radical (unpaired) electrons. The summed E-state index contributed by atoms with van der Waals surface area (Å²) in [5.74, 6) is -3.99. The third-order valence-corrected chi connectivity index (χ3v) is 7.35. The van der Waals surface area contributed by atoms with Gasteiger partial charge in [0, 0.05) is 70.5 Å². The third kappa shape index (κ3) is 16.6. The van der Waals surface area contributed by atoms with E-state index in [1.165, 1.54) is 18.2 Å². The summed E-state index contributed by atoms with van der Waals surface area (Å²) < 4.78 is 0. The van der Waals surface area contributed by atoms with E-state index in [0.717, 1.165) is 18.1 Å². The molecule has 1 amide bonds. The molecule has 3 rings (SSSR count). The normalized spacial score (nSPS) is 17.3. The first kappa shape index (κ1) is 39.3. The van der Waals surface area contributed by atoms with Crippen LogP contribution in [0.25, 0.3) is 6.08 Å². The SMILES string of the molecule is CC(=O)O.CN1CCN(CC(=O)O)CCN(CC(=O)O)CC(Cc2ccc(NC(=O)/C=C/c3ccc(O)cc3)cc2)N(CC(=O)O)CC1. The van der Waals surface area contributed by atoms with Gasteiger partial charge in [-0.2, -0.15) is 0 Å². The monoisotopic (exact) mass is 671 g/mol. The summed E-state index contributed by atoms with van der Waals surface area (Å²) in [5.41, 5.74) is 2.21. The molecule has 2 aromatic carbocycles. The number of hydrogen-bond acceptors (Lipinski definition) is 10. The highest BCUT2D eigenvalue weighted by Crippen LogP contribution is 2.16. The smallest absolute Gasteiger partial charge is 0.317 e. The first-order valence-electron chi connectivity index (χ1n) is 15.3. The molecule has 48 heavy (non-hydrogen) atoms. The van der Waals surface area contributed by atoms with Crippen LogP contribution in [0, 0.1) is 0 Å². The van der Waals surface area contributed by atoms with Crippen molar-refractivity contribution in [1.82, 2.24) is 19.6 Å². The molecule has 0 spiro atoms. The number of anilines is 1. The fourth-order valence-electron chi connectivity index (χ4n) is 5.00. The summed E-state index contributed by atoms with van der Waals surface area (Å²) in [4.78, 5) is 63.8. The number of phenols is 1. The van der Waals surface area contributed by atoms with Crippen LogP contribution in [0.5, 0.6) is 5.75 Å². The van der Waals surface area contributed by atoms with Crippen LogP contribution >= 0.6 is 0 Å². The van der Waals surface area contributed by atoms with Gasteiger partial charge < -0.3 is 35.7 Å². The quantitative estimate of drug-likeness (QED) is 0.185. The van der Waals surface area contributed by atoms with Gasteiger partial charge in [-0.05, 0) is 54.9 Å². The van der Waals surface area contributed by atoms with E-state index in [2.05, 4.69) is 5.32 Å². The Morgan fingerprint density at radius 1 is 0.750 bits per heavy atom. The van der Waals surface area contributed by atoms with Crippen LogP contribution in [0.1, 0.15) is 18.1 Å². The predicted molar refractivity (Wildman–Crippen MR) is 178 cm³/mol. The molecule has 6 N–H and O–H groups in total. The molecule has 1 aliphatic rings. The molecular formula is C33H45N5O10. The Kier molecular flexibility index (Phi) is 16.7. The largest absolute Gasteiger partial charge is 0.508 e. The van der Waals surface area contributed by atoms with Crippen LogP contribution in [0.3, 0.4) is 0 Å². The maximum Gasteiger partial charge on any atom is 0.317 e. The molecule has 1 atom stereocenters. The number of carboxylic acids is 4. The molecule has 262 valence electrons. The number of hydrogen-bond donors (Lipinski definition) is 6. The number of carbonyl (C=O) groups excluding carboxylic acids is 1. The van der Waals surface area contributed by atoms with E-state index in [-0.39, 0.29) is 43.9 Å². The Morgan fingerprint density at radius 2 is 1.27 bits per heavy atom. The van der Waals surface area contributed by atoms with Crippen molar-refractivity contribution in [3.8, 4) is 5.75 Å². The second-order valence-electron chi connectivity index (χ2n) is 11.5. The highest BCUT2D eigenvalue weighted by atomic mass is 16.4. The van der Waals surface area contributed by atoms with Gasteiger partial charge in [-0.3, -0.25) is 38.7 Å². The second-order valence-corrected chi connectivity index (χ2v) is 11.5. The van der Waals surface area contributed by atoms with Crippen LogP contribution in [-0.4, -0.2) is 153 Å². The number of nitrogens with one attached hydrogen (secondary N) is 1. The average molecular weight is 672 g/mol. The van der Waals surface area contributed by atoms with Gasteiger partial charge in [0.2, 0.25) is 5.91 Å². The van der Waals surface area contributed by atoms with E-state index in [1.807, 2.05) is 29.0 Å². The molecule has 1 saturated heterocycles. The summed E-state index contributed by atoms with van der Waals surface area (Å²) >= 11 is 0. The third-order valence-electron chi connectivity index (χ3n) is 7.35. The second kappa shape index (κ2) is 20.4. The van der Waals surface area contributed by atoms with E-state index >= 15 is 0 Å². The van der Waals surface area contributed by atoms with Crippen molar-refractivity contribution in [2.24, 2.45) is 0 Å². The summed E-state index contributed by atoms with van der Waals surface area (Å²) in [6.45, 7) is 3.42. The van der Waals surface area contributed by atoms with Gasteiger partial charge in [-0.15, -0.1) is 0 Å². The fraction of sp³-hybridized carbons (Fsp3) is 0.424. The van der Waals surface area contributed by atoms with Gasteiger partial charge in [0.1, 0.15) is 5.75 Å². The summed E-state index contributed by atoms with van der Waals surface area (Å²) in [6.07, 6.45) is 3.45. The molecule has 1 unspecified atom stereocenters. The predicted octanol–water partition coefficient (Wildman–Crippen LogP) is 1.15. The van der Waals surface area contributed by atoms with Gasteiger partial charge >= 0.3 is 17.9 Å². The number of aromatic hydroxyl groups is 1. The molecular weight excluding hydrogens is 626 g/mol. The fourth-order valence-corrected chi connectivity index (χ4v) is 5.00. The Morgan fingerprint density at radius 3 is 1.85 bits per heavy atom. The van der Waals surface area contributed by atoms with E-state index in [9.17, 15) is 39.6 Å². The number of phenolic OH excluding ortho intramolecular Hbond substituents is 1. The topological polar surface area (TPSA) is 211 Å². The zero-order valence-electron chi connectivity index (χ0n) is 27.2. The number of carbonyl (C=O) groups is 5. The molecule has 0 aliphatic carbocycles. The number of nitrogens with zero attached hydrogens (tertiary/aromatic N) is 4. The van der Waals surface area contributed by atoms with E-state index in [0.29, 0.717) is 51.4 Å². The zero-order chi connectivity index (χ0) is 35.6. The van der Waals surface area contributed by atoms with Crippen molar-refractivity contribution >= 4 is 41.5 Å². The lowest BCUT2D eigenvalue weighted by Crippen LogP contribution is -2.52. The summed E-state index contributed by atoms with van der Waals surface area (Å²) in [7, 11) is 1.91. The van der Waals surface area contributed by atoms with Crippen LogP contribution in [0.4, 0.5) is 5.69 Å². The minimum Gasteiger partial charge on any atom is -0.508 e. The number of amides is 1. The molecule has 0 bridgehead atoms. The van der Waals surface area contributed by atoms with Crippen molar-refractivity contribution in [3.63, 3.8) is 0 Å². The van der Waals surface area contributed by atoms with Crippen LogP contribution < -0.4 is 5.32 Å². The zero-order valence-corrected chi connectivity index (χ0v) is 27.2. The van der Waals surface area contributed by atoms with E-state index < -0.39 is 23.9 Å². The maximum absolute atomic E-state index is 12.4. The summed E-state index contributed by atoms with van der Waals surface area (Å²) in [6, 6.07) is 13.3. The lowest BCUT2D eigenvalue weighted by Gasteiger charge is -2.37. The lowest BCUT2D eigenvalue weighted by molar-refractivity contribution is -0.141. The van der Waals surface area contributed by atoms with E-state index in [1.54, 1.807) is 40.1 Å².